The van der Waals surface area contributed by atoms with Gasteiger partial charge in [0.1, 0.15) is 11.2 Å². The van der Waals surface area contributed by atoms with Crippen LogP contribution in [0.25, 0.3) is 5.69 Å². The van der Waals surface area contributed by atoms with Crippen LogP contribution in [0, 0.1) is 0 Å². The van der Waals surface area contributed by atoms with Crippen molar-refractivity contribution in [1.82, 2.24) is 19.7 Å². The quantitative estimate of drug-likeness (QED) is 0.339. The number of carboxylic acid groups (broad SMARTS) is 1. The predicted octanol–water partition coefficient (Wildman–Crippen LogP) is 4.86. The zero-order valence-electron chi connectivity index (χ0n) is 16.9. The standard InChI is InChI=1S/C22H13Cl3N4O4S/c23-12-5-3-11(4-6-12)19(34-20-14(21(31)32)2-1-7-26-20)18-15(24)8-13(9-16(18)25)29-22(33)28-17(30)10-27-29/h1-10,19H,(H,31,32)(H,28,30,33). The molecule has 0 aliphatic heterocycles. The van der Waals surface area contributed by atoms with E-state index in [0.29, 0.717) is 10.6 Å². The van der Waals surface area contributed by atoms with Gasteiger partial charge < -0.3 is 5.11 Å². The number of rotatable bonds is 6. The summed E-state index contributed by atoms with van der Waals surface area (Å²) in [5, 5.41) is 14.0. The van der Waals surface area contributed by atoms with Gasteiger partial charge >= 0.3 is 11.7 Å². The van der Waals surface area contributed by atoms with Gasteiger partial charge in [-0.15, -0.1) is 0 Å². The molecule has 0 bridgehead atoms. The molecular weight excluding hydrogens is 523 g/mol. The van der Waals surface area contributed by atoms with Crippen molar-refractivity contribution in [3.63, 3.8) is 0 Å². The third kappa shape index (κ3) is 5.02. The van der Waals surface area contributed by atoms with E-state index in [4.69, 9.17) is 34.8 Å². The van der Waals surface area contributed by atoms with Crippen LogP contribution in [0.5, 0.6) is 0 Å². The molecule has 0 saturated heterocycles. The minimum atomic E-state index is -1.12. The lowest BCUT2D eigenvalue weighted by atomic mass is 10.0. The molecule has 2 aromatic carbocycles. The first kappa shape index (κ1) is 24.0. The second-order valence-electron chi connectivity index (χ2n) is 6.88. The van der Waals surface area contributed by atoms with Crippen LogP contribution in [0.15, 0.2) is 75.5 Å². The summed E-state index contributed by atoms with van der Waals surface area (Å²) < 4.78 is 0.953. The number of carbonyl (C=O) groups is 1. The Kier molecular flexibility index (Phi) is 7.08. The van der Waals surface area contributed by atoms with Crippen LogP contribution in [0.4, 0.5) is 0 Å². The number of carboxylic acids is 1. The number of H-pyrrole nitrogens is 1. The predicted molar refractivity (Wildman–Crippen MR) is 131 cm³/mol. The van der Waals surface area contributed by atoms with Crippen molar-refractivity contribution in [2.24, 2.45) is 0 Å². The van der Waals surface area contributed by atoms with Crippen LogP contribution < -0.4 is 11.2 Å². The van der Waals surface area contributed by atoms with E-state index < -0.39 is 22.5 Å². The molecule has 12 heteroatoms. The molecule has 4 aromatic rings. The van der Waals surface area contributed by atoms with Gasteiger partial charge in [-0.1, -0.05) is 58.7 Å². The first-order valence-corrected chi connectivity index (χ1v) is 11.5. The van der Waals surface area contributed by atoms with Crippen molar-refractivity contribution in [1.29, 1.82) is 0 Å². The van der Waals surface area contributed by atoms with E-state index in [9.17, 15) is 19.5 Å². The zero-order valence-corrected chi connectivity index (χ0v) is 20.0. The monoisotopic (exact) mass is 534 g/mol. The second-order valence-corrected chi connectivity index (χ2v) is 9.23. The average Bonchev–Trinajstić information content (AvgIpc) is 2.78. The number of benzene rings is 2. The molecule has 0 saturated carbocycles. The van der Waals surface area contributed by atoms with Gasteiger partial charge in [0.05, 0.1) is 16.5 Å². The first-order chi connectivity index (χ1) is 16.2. The maximum atomic E-state index is 12.2. The van der Waals surface area contributed by atoms with Crippen molar-refractivity contribution >= 4 is 52.5 Å². The van der Waals surface area contributed by atoms with Crippen molar-refractivity contribution < 1.29 is 9.90 Å². The van der Waals surface area contributed by atoms with E-state index in [1.54, 1.807) is 24.3 Å². The third-order valence-corrected chi connectivity index (χ3v) is 6.86. The molecule has 2 aromatic heterocycles. The minimum Gasteiger partial charge on any atom is -0.478 e. The molecule has 0 amide bonds. The SMILES string of the molecule is O=C(O)c1cccnc1SC(c1ccc(Cl)cc1)c1c(Cl)cc(-n2ncc(=O)[nH]c2=O)cc1Cl. The number of aromatic nitrogens is 4. The average molecular weight is 536 g/mol. The lowest BCUT2D eigenvalue weighted by molar-refractivity contribution is 0.0692. The molecular formula is C22H13Cl3N4O4S. The number of halogens is 3. The van der Waals surface area contributed by atoms with E-state index in [-0.39, 0.29) is 26.3 Å². The number of aromatic amines is 1. The molecule has 172 valence electrons. The number of pyridine rings is 1. The fourth-order valence-electron chi connectivity index (χ4n) is 3.17. The van der Waals surface area contributed by atoms with Crippen LogP contribution >= 0.6 is 46.6 Å². The van der Waals surface area contributed by atoms with Crippen LogP contribution in [0.3, 0.4) is 0 Å². The van der Waals surface area contributed by atoms with Gasteiger partial charge in [0.25, 0.3) is 5.56 Å². The fourth-order valence-corrected chi connectivity index (χ4v) is 5.41. The molecule has 0 spiro atoms. The number of aromatic carboxylic acids is 1. The molecule has 1 unspecified atom stereocenters. The van der Waals surface area contributed by atoms with Gasteiger partial charge in [0, 0.05) is 26.8 Å². The van der Waals surface area contributed by atoms with Crippen molar-refractivity contribution in [3.05, 3.63) is 114 Å². The highest BCUT2D eigenvalue weighted by molar-refractivity contribution is 7.99. The Morgan fingerprint density at radius 2 is 1.74 bits per heavy atom. The Morgan fingerprint density at radius 1 is 1.06 bits per heavy atom. The lowest BCUT2D eigenvalue weighted by Gasteiger charge is -2.21. The number of nitrogens with one attached hydrogen (secondary N) is 1. The van der Waals surface area contributed by atoms with E-state index in [2.05, 4.69) is 15.1 Å². The highest BCUT2D eigenvalue weighted by Crippen LogP contribution is 2.46. The molecule has 4 rings (SSSR count). The van der Waals surface area contributed by atoms with Crippen LogP contribution in [0.2, 0.25) is 15.1 Å². The summed E-state index contributed by atoms with van der Waals surface area (Å²) in [7, 11) is 0. The summed E-state index contributed by atoms with van der Waals surface area (Å²) in [6.07, 6.45) is 2.45. The molecule has 0 radical (unpaired) electrons. The zero-order chi connectivity index (χ0) is 24.4. The maximum Gasteiger partial charge on any atom is 0.349 e. The Morgan fingerprint density at radius 3 is 2.35 bits per heavy atom. The van der Waals surface area contributed by atoms with Crippen LogP contribution in [-0.4, -0.2) is 30.8 Å². The van der Waals surface area contributed by atoms with Crippen molar-refractivity contribution in [3.8, 4) is 5.69 Å². The van der Waals surface area contributed by atoms with Crippen LogP contribution in [-0.2, 0) is 0 Å². The largest absolute Gasteiger partial charge is 0.478 e. The normalized spacial score (nSPS) is 11.9. The van der Waals surface area contributed by atoms with Crippen molar-refractivity contribution in [2.45, 2.75) is 10.3 Å². The van der Waals surface area contributed by atoms with Gasteiger partial charge in [-0.25, -0.2) is 14.6 Å². The molecule has 8 nitrogen and oxygen atoms in total. The maximum absolute atomic E-state index is 12.2. The fraction of sp³-hybridized carbons (Fsp3) is 0.0455. The first-order valence-electron chi connectivity index (χ1n) is 9.53. The number of thioether (sulfide) groups is 1. The summed E-state index contributed by atoms with van der Waals surface area (Å²) >= 11 is 20.5. The topological polar surface area (TPSA) is 118 Å². The third-order valence-electron chi connectivity index (χ3n) is 4.69. The lowest BCUT2D eigenvalue weighted by Crippen LogP contribution is -2.30. The summed E-state index contributed by atoms with van der Waals surface area (Å²) in [6, 6.07) is 12.9. The van der Waals surface area contributed by atoms with Crippen LogP contribution in [0.1, 0.15) is 26.7 Å². The molecule has 0 fully saturated rings. The highest BCUT2D eigenvalue weighted by atomic mass is 35.5. The summed E-state index contributed by atoms with van der Waals surface area (Å²) in [6.45, 7) is 0. The smallest absolute Gasteiger partial charge is 0.349 e. The molecule has 2 heterocycles. The highest BCUT2D eigenvalue weighted by Gasteiger charge is 2.26. The van der Waals surface area contributed by atoms with Gasteiger partial charge in [0.2, 0.25) is 0 Å². The summed E-state index contributed by atoms with van der Waals surface area (Å²) in [4.78, 5) is 41.6. The van der Waals surface area contributed by atoms with Crippen molar-refractivity contribution in [2.75, 3.05) is 0 Å². The Labute approximate surface area is 211 Å². The van der Waals surface area contributed by atoms with E-state index >= 15 is 0 Å². The van der Waals surface area contributed by atoms with Gasteiger partial charge in [-0.3, -0.25) is 9.78 Å². The Balaban J connectivity index is 1.86. The number of hydrogen-bond acceptors (Lipinski definition) is 6. The Bertz CT molecular complexity index is 1480. The van der Waals surface area contributed by atoms with Gasteiger partial charge in [-0.2, -0.15) is 9.78 Å². The molecule has 34 heavy (non-hydrogen) atoms. The second kappa shape index (κ2) is 10.0. The summed E-state index contributed by atoms with van der Waals surface area (Å²) in [5.74, 6) is -1.12. The minimum absolute atomic E-state index is 0.0271. The van der Waals surface area contributed by atoms with E-state index in [1.807, 2.05) is 0 Å². The number of hydrogen-bond donors (Lipinski definition) is 2. The van der Waals surface area contributed by atoms with E-state index in [0.717, 1.165) is 28.2 Å². The summed E-state index contributed by atoms with van der Waals surface area (Å²) in [5.41, 5.74) is 0.0869. The molecule has 0 aliphatic carbocycles. The van der Waals surface area contributed by atoms with E-state index in [1.165, 1.54) is 30.5 Å². The van der Waals surface area contributed by atoms with Gasteiger partial charge in [-0.05, 0) is 42.0 Å². The molecule has 1 atom stereocenters. The van der Waals surface area contributed by atoms with Gasteiger partial charge in [0.15, 0.2) is 0 Å². The Hall–Kier alpha value is -3.11. The molecule has 2 N–H and O–H groups in total. The number of nitrogens with zero attached hydrogens (tertiary/aromatic N) is 3. The molecule has 0 aliphatic rings.